The highest BCUT2D eigenvalue weighted by Crippen LogP contribution is 2.20. The molecule has 0 saturated carbocycles. The van der Waals surface area contributed by atoms with Gasteiger partial charge in [-0.3, -0.25) is 43.3 Å². The molecule has 0 spiro atoms. The van der Waals surface area contributed by atoms with Crippen LogP contribution in [0, 0.1) is 5.92 Å². The van der Waals surface area contributed by atoms with Crippen LogP contribution in [0.15, 0.2) is 41.8 Å². The van der Waals surface area contributed by atoms with Gasteiger partial charge in [0.2, 0.25) is 41.4 Å². The number of nitrogens with two attached hydrogens (primary N) is 2. The number of likely N-dealkylation sites (tertiary alicyclic amines) is 1. The third kappa shape index (κ3) is 16.6. The van der Waals surface area contributed by atoms with Gasteiger partial charge in [-0.25, -0.2) is 4.98 Å². The first-order valence-corrected chi connectivity index (χ1v) is 21.6. The molecule has 7 amide bonds. The Labute approximate surface area is 382 Å². The summed E-state index contributed by atoms with van der Waals surface area (Å²) < 4.78 is 5.50. The minimum Gasteiger partial charge on any atom is -0.508 e. The highest BCUT2D eigenvalue weighted by molar-refractivity contribution is 5.98. The molecule has 8 atom stereocenters. The van der Waals surface area contributed by atoms with Crippen LogP contribution in [-0.4, -0.2) is 161 Å². The first-order chi connectivity index (χ1) is 31.2. The van der Waals surface area contributed by atoms with E-state index in [4.69, 9.17) is 16.2 Å². The molecule has 1 fully saturated rings. The average Bonchev–Trinajstić information content (AvgIpc) is 3.98. The van der Waals surface area contributed by atoms with E-state index in [1.54, 1.807) is 20.9 Å². The smallest absolute Gasteiger partial charge is 0.325 e. The number of carboxylic acid groups (broad SMARTS) is 1. The summed E-state index contributed by atoms with van der Waals surface area (Å²) in [6.45, 7) is 6.36. The van der Waals surface area contributed by atoms with Gasteiger partial charge in [0.25, 0.3) is 0 Å². The number of carboxylic acids is 1. The molecule has 1 aliphatic heterocycles. The molecule has 0 radical (unpaired) electrons. The summed E-state index contributed by atoms with van der Waals surface area (Å²) in [6, 6.07) is -2.90. The number of hydrogen-bond donors (Lipinski definition) is 12. The molecule has 66 heavy (non-hydrogen) atoms. The number of aromatic amines is 1. The number of carbonyl (C=O) groups is 8. The number of H-pyrrole nitrogens is 1. The normalized spacial score (nSPS) is 16.6. The Kier molecular flexibility index (Phi) is 21.3. The molecule has 24 nitrogen and oxygen atoms in total. The van der Waals surface area contributed by atoms with E-state index in [1.807, 2.05) is 0 Å². The summed E-state index contributed by atoms with van der Waals surface area (Å²) in [6.07, 6.45) is 2.65. The molecule has 364 valence electrons. The van der Waals surface area contributed by atoms with Gasteiger partial charge in [-0.15, -0.1) is 0 Å². The van der Waals surface area contributed by atoms with E-state index in [0.717, 1.165) is 0 Å². The van der Waals surface area contributed by atoms with Crippen molar-refractivity contribution in [2.45, 2.75) is 115 Å². The van der Waals surface area contributed by atoms with Crippen molar-refractivity contribution in [1.82, 2.24) is 52.1 Å². The third-order valence-corrected chi connectivity index (χ3v) is 10.8. The number of aliphatic imine (C=N–C) groups is 1. The largest absolute Gasteiger partial charge is 0.508 e. The number of carbonyl (C=O) groups excluding carboxylic acids is 7. The number of phenolic OH excluding ortho intramolecular Hbond substituents is 1. The lowest BCUT2D eigenvalue weighted by molar-refractivity contribution is -0.145. The number of amides is 7. The summed E-state index contributed by atoms with van der Waals surface area (Å²) in [5, 5.41) is 37.8. The predicted molar refractivity (Wildman–Crippen MR) is 239 cm³/mol. The van der Waals surface area contributed by atoms with Crippen molar-refractivity contribution in [1.29, 1.82) is 0 Å². The third-order valence-electron chi connectivity index (χ3n) is 10.8. The molecular formula is C42H65N13O11. The van der Waals surface area contributed by atoms with Crippen LogP contribution in [0.25, 0.3) is 0 Å². The summed E-state index contributed by atoms with van der Waals surface area (Å²) in [7, 11) is 2.86. The van der Waals surface area contributed by atoms with E-state index >= 15 is 0 Å². The van der Waals surface area contributed by atoms with E-state index in [9.17, 15) is 48.6 Å². The second kappa shape index (κ2) is 26.2. The molecule has 1 aliphatic rings. The van der Waals surface area contributed by atoms with Gasteiger partial charge in [0.1, 0.15) is 48.0 Å². The maximum Gasteiger partial charge on any atom is 0.325 e. The number of methoxy groups -OCH3 is 1. The second-order valence-corrected chi connectivity index (χ2v) is 16.3. The Balaban J connectivity index is 1.91. The van der Waals surface area contributed by atoms with E-state index in [1.165, 1.54) is 62.6 Å². The molecule has 0 unspecified atom stereocenters. The Bertz CT molecular complexity index is 1990. The highest BCUT2D eigenvalue weighted by Gasteiger charge is 2.41. The van der Waals surface area contributed by atoms with Crippen LogP contribution in [0.1, 0.15) is 64.6 Å². The SMILES string of the molecule is CNCC(=O)N[C@@H](CCCN=C(N)N)C(=O)N[C@H](C(=O)N[C@@H](Cc1ccc(O)cc1)C(=O)N[C@H](C(=O)N[C@@H](Cc1cnc[nH]1)C(=O)N1CCC[C@H]1C(=O)N[C@@H](C)C(=O)O)[C@@H](C)OC)C(C)C. The molecule has 0 aliphatic carbocycles. The van der Waals surface area contributed by atoms with E-state index in [2.05, 4.69) is 52.2 Å². The quantitative estimate of drug-likeness (QED) is 0.0252. The van der Waals surface area contributed by atoms with Gasteiger partial charge < -0.3 is 73.5 Å². The number of guanidine groups is 1. The van der Waals surface area contributed by atoms with Gasteiger partial charge in [-0.05, 0) is 70.2 Å². The van der Waals surface area contributed by atoms with Gasteiger partial charge in [0.15, 0.2) is 5.96 Å². The number of benzene rings is 1. The van der Waals surface area contributed by atoms with Gasteiger partial charge in [-0.2, -0.15) is 0 Å². The van der Waals surface area contributed by atoms with Crippen LogP contribution in [0.5, 0.6) is 5.75 Å². The van der Waals surface area contributed by atoms with E-state index in [-0.39, 0.29) is 57.0 Å². The van der Waals surface area contributed by atoms with Crippen molar-refractivity contribution in [2.24, 2.45) is 22.4 Å². The zero-order valence-electron chi connectivity index (χ0n) is 38.1. The molecule has 3 rings (SSSR count). The Morgan fingerprint density at radius 1 is 0.864 bits per heavy atom. The number of imidazole rings is 1. The number of rotatable bonds is 26. The molecule has 2 aromatic rings. The van der Waals surface area contributed by atoms with Crippen molar-refractivity contribution >= 4 is 53.3 Å². The molecule has 0 bridgehead atoms. The fourth-order valence-corrected chi connectivity index (χ4v) is 7.04. The number of likely N-dealkylation sites (N-methyl/N-ethyl adjacent to an activating group) is 1. The van der Waals surface area contributed by atoms with E-state index in [0.29, 0.717) is 24.1 Å². The van der Waals surface area contributed by atoms with E-state index < -0.39 is 102 Å². The second-order valence-electron chi connectivity index (χ2n) is 16.3. The Morgan fingerprint density at radius 3 is 2.09 bits per heavy atom. The lowest BCUT2D eigenvalue weighted by Crippen LogP contribution is -2.62. The van der Waals surface area contributed by atoms with Crippen LogP contribution in [-0.2, 0) is 55.9 Å². The molecule has 1 saturated heterocycles. The minimum atomic E-state index is -1.48. The molecule has 24 heteroatoms. The zero-order chi connectivity index (χ0) is 49.1. The van der Waals surface area contributed by atoms with Crippen LogP contribution < -0.4 is 48.7 Å². The maximum atomic E-state index is 14.4. The number of ether oxygens (including phenoxy) is 1. The van der Waals surface area contributed by atoms with Crippen molar-refractivity contribution in [3.05, 3.63) is 48.0 Å². The fraction of sp³-hybridized carbons (Fsp3) is 0.571. The molecular weight excluding hydrogens is 863 g/mol. The van der Waals surface area contributed by atoms with Crippen molar-refractivity contribution in [2.75, 3.05) is 33.8 Å². The van der Waals surface area contributed by atoms with Gasteiger partial charge in [-0.1, -0.05) is 26.0 Å². The monoisotopic (exact) mass is 927 g/mol. The van der Waals surface area contributed by atoms with Crippen LogP contribution >= 0.6 is 0 Å². The number of nitrogens with zero attached hydrogens (tertiary/aromatic N) is 3. The predicted octanol–water partition coefficient (Wildman–Crippen LogP) is -3.13. The zero-order valence-corrected chi connectivity index (χ0v) is 38.1. The number of hydrogen-bond acceptors (Lipinski definition) is 13. The average molecular weight is 928 g/mol. The molecule has 1 aromatic heterocycles. The number of aliphatic carboxylic acids is 1. The van der Waals surface area contributed by atoms with Gasteiger partial charge in [0.05, 0.1) is 19.0 Å². The number of nitrogens with one attached hydrogen (secondary N) is 8. The Morgan fingerprint density at radius 2 is 1.50 bits per heavy atom. The lowest BCUT2D eigenvalue weighted by atomic mass is 9.99. The first kappa shape index (κ1) is 53.5. The standard InChI is InChI=1S/C42H65N13O11/c1-22(2)33(53-35(58)28(50-32(57)20-45-5)9-7-15-47-42(43)44)38(61)51-29(17-25-11-13-27(56)14-12-25)36(59)54-34(24(4)66-6)39(62)52-30(18-26-19-46-21-48-26)40(63)55-16-8-10-31(55)37(60)49-23(3)41(64)65/h11-14,19,21-24,28-31,33-34,45,56H,7-10,15-18,20H2,1-6H3,(H,46,48)(H,49,60)(H,50,57)(H,51,61)(H,52,62)(H,53,58)(H,54,59)(H,64,65)(H4,43,44,47)/t23-,24+,28-,29-,30-,31-,33-,34-/m0/s1. The summed E-state index contributed by atoms with van der Waals surface area (Å²) in [5.41, 5.74) is 11.8. The molecule has 1 aromatic carbocycles. The molecule has 14 N–H and O–H groups in total. The first-order valence-electron chi connectivity index (χ1n) is 21.6. The van der Waals surface area contributed by atoms with Crippen LogP contribution in [0.2, 0.25) is 0 Å². The maximum absolute atomic E-state index is 14.4. The highest BCUT2D eigenvalue weighted by atomic mass is 16.5. The fourth-order valence-electron chi connectivity index (χ4n) is 7.04. The van der Waals surface area contributed by atoms with Gasteiger partial charge >= 0.3 is 5.97 Å². The topological polar surface area (TPSA) is 367 Å². The number of phenols is 1. The number of aromatic nitrogens is 2. The summed E-state index contributed by atoms with van der Waals surface area (Å²) in [5.74, 6) is -6.96. The molecule has 2 heterocycles. The van der Waals surface area contributed by atoms with Gasteiger partial charge in [0, 0.05) is 44.9 Å². The van der Waals surface area contributed by atoms with Crippen LogP contribution in [0.3, 0.4) is 0 Å². The number of aromatic hydroxyl groups is 1. The van der Waals surface area contributed by atoms with Crippen molar-refractivity contribution < 1.29 is 53.3 Å². The van der Waals surface area contributed by atoms with Crippen molar-refractivity contribution in [3.8, 4) is 5.75 Å². The lowest BCUT2D eigenvalue weighted by Gasteiger charge is -2.31. The minimum absolute atomic E-state index is 0.0541. The van der Waals surface area contributed by atoms with Crippen molar-refractivity contribution in [3.63, 3.8) is 0 Å². The summed E-state index contributed by atoms with van der Waals surface area (Å²) in [4.78, 5) is 120. The Hall–Kier alpha value is -6.82. The summed E-state index contributed by atoms with van der Waals surface area (Å²) >= 11 is 0. The van der Waals surface area contributed by atoms with Crippen LogP contribution in [0.4, 0.5) is 0 Å².